The topological polar surface area (TPSA) is 56.0 Å². The summed E-state index contributed by atoms with van der Waals surface area (Å²) in [4.78, 5) is 16.9. The van der Waals surface area contributed by atoms with Gasteiger partial charge in [-0.15, -0.1) is 0 Å². The van der Waals surface area contributed by atoms with Crippen molar-refractivity contribution in [2.75, 3.05) is 5.73 Å². The molecule has 3 nitrogen and oxygen atoms in total. The Bertz CT molecular complexity index is 924. The van der Waals surface area contributed by atoms with E-state index in [1.165, 1.54) is 0 Å². The van der Waals surface area contributed by atoms with Gasteiger partial charge in [0, 0.05) is 18.2 Å². The van der Waals surface area contributed by atoms with E-state index in [4.69, 9.17) is 5.73 Å². The lowest BCUT2D eigenvalue weighted by molar-refractivity contribution is -0.115. The number of Topliss-reactive ketones (excluding diaryl/α,β-unsaturated/α-hetero) is 1. The Kier molecular flexibility index (Phi) is 10.2. The number of anilines is 1. The van der Waals surface area contributed by atoms with Crippen molar-refractivity contribution in [1.82, 2.24) is 4.98 Å². The van der Waals surface area contributed by atoms with Crippen molar-refractivity contribution in [2.45, 2.75) is 74.7 Å². The summed E-state index contributed by atoms with van der Waals surface area (Å²) in [5.41, 5.74) is 14.4. The molecule has 0 aliphatic carbocycles. The van der Waals surface area contributed by atoms with Crippen molar-refractivity contribution >= 4 is 17.7 Å². The monoisotopic (exact) mass is 406 g/mol. The van der Waals surface area contributed by atoms with Gasteiger partial charge in [0.15, 0.2) is 5.78 Å². The third-order valence-corrected chi connectivity index (χ3v) is 5.56. The number of pyridine rings is 1. The number of nitrogens with two attached hydrogens (primary N) is 1. The zero-order valence-electron chi connectivity index (χ0n) is 20.0. The number of ketones is 1. The molecule has 0 amide bonds. The molecule has 0 aliphatic rings. The first-order valence-electron chi connectivity index (χ1n) is 10.9. The largest absolute Gasteiger partial charge is 0.383 e. The van der Waals surface area contributed by atoms with Gasteiger partial charge in [0.05, 0.1) is 0 Å². The SMILES string of the molecule is C/C=C(C(\C)=C/C(C(=O)CC)=C(\C)CC)/C(/C=C/CC)=C/c1cnc(N)c(C)c1C. The molecule has 0 spiro atoms. The van der Waals surface area contributed by atoms with E-state index in [2.05, 4.69) is 57.0 Å². The minimum absolute atomic E-state index is 0.188. The van der Waals surface area contributed by atoms with E-state index in [1.54, 1.807) is 0 Å². The molecule has 0 aliphatic heterocycles. The summed E-state index contributed by atoms with van der Waals surface area (Å²) in [5, 5.41) is 0. The third kappa shape index (κ3) is 6.41. The van der Waals surface area contributed by atoms with E-state index >= 15 is 0 Å². The second kappa shape index (κ2) is 12.1. The quantitative estimate of drug-likeness (QED) is 0.347. The van der Waals surface area contributed by atoms with Gasteiger partial charge in [0.25, 0.3) is 0 Å². The summed E-state index contributed by atoms with van der Waals surface area (Å²) in [6.45, 7) is 16.4. The molecule has 0 atom stereocenters. The molecule has 3 heteroatoms. The number of carbonyl (C=O) groups excluding carboxylic acids is 1. The van der Waals surface area contributed by atoms with Gasteiger partial charge in [-0.2, -0.15) is 0 Å². The summed E-state index contributed by atoms with van der Waals surface area (Å²) >= 11 is 0. The Hall–Kier alpha value is -2.68. The zero-order valence-corrected chi connectivity index (χ0v) is 20.0. The van der Waals surface area contributed by atoms with Crippen molar-refractivity contribution in [3.63, 3.8) is 0 Å². The van der Waals surface area contributed by atoms with E-state index in [0.29, 0.717) is 12.2 Å². The Labute approximate surface area is 183 Å². The van der Waals surface area contributed by atoms with Crippen LogP contribution in [0.4, 0.5) is 5.82 Å². The molecule has 0 saturated carbocycles. The predicted octanol–water partition coefficient (Wildman–Crippen LogP) is 7.23. The molecule has 1 aromatic rings. The van der Waals surface area contributed by atoms with Crippen LogP contribution in [-0.4, -0.2) is 10.8 Å². The number of carbonyl (C=O) groups is 1. The van der Waals surface area contributed by atoms with Crippen LogP contribution in [0, 0.1) is 13.8 Å². The van der Waals surface area contributed by atoms with Crippen LogP contribution in [0.2, 0.25) is 0 Å². The Balaban J connectivity index is 3.62. The Morgan fingerprint density at radius 1 is 1.10 bits per heavy atom. The molecule has 0 fully saturated rings. The van der Waals surface area contributed by atoms with Crippen molar-refractivity contribution in [1.29, 1.82) is 0 Å². The number of hydrogen-bond donors (Lipinski definition) is 1. The van der Waals surface area contributed by atoms with E-state index in [0.717, 1.165) is 57.4 Å². The van der Waals surface area contributed by atoms with Gasteiger partial charge in [-0.05, 0) is 93.0 Å². The standard InChI is InChI=1S/C27H38N2O/c1-9-13-14-22(16-23-17-29-27(28)21(8)20(23)7)24(11-3)19(6)15-25(18(5)10-2)26(30)12-4/h11,13-17H,9-10,12H2,1-8H3,(H2,28,29)/b14-13+,19-15-,22-16+,24-11+,25-18-. The highest BCUT2D eigenvalue weighted by Gasteiger charge is 2.12. The van der Waals surface area contributed by atoms with Crippen LogP contribution >= 0.6 is 0 Å². The molecule has 0 aromatic carbocycles. The van der Waals surface area contributed by atoms with Gasteiger partial charge in [-0.25, -0.2) is 4.98 Å². The summed E-state index contributed by atoms with van der Waals surface area (Å²) in [5.74, 6) is 0.758. The number of hydrogen-bond acceptors (Lipinski definition) is 3. The van der Waals surface area contributed by atoms with Crippen molar-refractivity contribution < 1.29 is 4.79 Å². The van der Waals surface area contributed by atoms with Crippen molar-refractivity contribution in [2.24, 2.45) is 0 Å². The van der Waals surface area contributed by atoms with Gasteiger partial charge in [0.1, 0.15) is 5.82 Å². The molecule has 0 unspecified atom stereocenters. The van der Waals surface area contributed by atoms with Crippen LogP contribution in [0.1, 0.15) is 77.5 Å². The van der Waals surface area contributed by atoms with Crippen molar-refractivity contribution in [3.8, 4) is 0 Å². The second-order valence-electron chi connectivity index (χ2n) is 7.61. The van der Waals surface area contributed by atoms with Gasteiger partial charge in [-0.3, -0.25) is 4.79 Å². The number of rotatable bonds is 9. The highest BCUT2D eigenvalue weighted by molar-refractivity contribution is 5.98. The molecule has 0 saturated heterocycles. The molecule has 30 heavy (non-hydrogen) atoms. The number of nitrogens with zero attached hydrogens (tertiary/aromatic N) is 1. The summed E-state index contributed by atoms with van der Waals surface area (Å²) in [6, 6.07) is 0. The maximum Gasteiger partial charge on any atom is 0.162 e. The number of allylic oxidation sites excluding steroid dienone is 9. The minimum Gasteiger partial charge on any atom is -0.383 e. The fourth-order valence-corrected chi connectivity index (χ4v) is 3.25. The lowest BCUT2D eigenvalue weighted by atomic mass is 9.91. The molecule has 2 N–H and O–H groups in total. The highest BCUT2D eigenvalue weighted by Crippen LogP contribution is 2.28. The summed E-state index contributed by atoms with van der Waals surface area (Å²) in [7, 11) is 0. The molecule has 0 radical (unpaired) electrons. The maximum absolute atomic E-state index is 12.5. The van der Waals surface area contributed by atoms with Crippen LogP contribution in [-0.2, 0) is 4.79 Å². The Morgan fingerprint density at radius 2 is 1.77 bits per heavy atom. The summed E-state index contributed by atoms with van der Waals surface area (Å²) < 4.78 is 0. The fourth-order valence-electron chi connectivity index (χ4n) is 3.25. The fraction of sp³-hybridized carbons (Fsp3) is 0.407. The third-order valence-electron chi connectivity index (χ3n) is 5.56. The van der Waals surface area contributed by atoms with Gasteiger partial charge >= 0.3 is 0 Å². The first-order chi connectivity index (χ1) is 14.2. The Morgan fingerprint density at radius 3 is 2.30 bits per heavy atom. The highest BCUT2D eigenvalue weighted by atomic mass is 16.1. The van der Waals surface area contributed by atoms with Gasteiger partial charge in [-0.1, -0.05) is 44.6 Å². The van der Waals surface area contributed by atoms with E-state index in [9.17, 15) is 4.79 Å². The van der Waals surface area contributed by atoms with E-state index in [-0.39, 0.29) is 5.78 Å². The lowest BCUT2D eigenvalue weighted by Gasteiger charge is -2.14. The minimum atomic E-state index is 0.188. The first kappa shape index (κ1) is 25.4. The van der Waals surface area contributed by atoms with Gasteiger partial charge in [0.2, 0.25) is 0 Å². The molecule has 1 aromatic heterocycles. The van der Waals surface area contributed by atoms with Crippen LogP contribution in [0.5, 0.6) is 0 Å². The predicted molar refractivity (Wildman–Crippen MR) is 131 cm³/mol. The average Bonchev–Trinajstić information content (AvgIpc) is 2.75. The van der Waals surface area contributed by atoms with Crippen LogP contribution in [0.15, 0.2) is 58.4 Å². The molecule has 1 rings (SSSR count). The van der Waals surface area contributed by atoms with E-state index in [1.807, 2.05) is 40.0 Å². The maximum atomic E-state index is 12.5. The lowest BCUT2D eigenvalue weighted by Crippen LogP contribution is -2.03. The molecule has 162 valence electrons. The molecular weight excluding hydrogens is 368 g/mol. The number of nitrogen functional groups attached to an aromatic ring is 1. The van der Waals surface area contributed by atoms with Crippen LogP contribution in [0.25, 0.3) is 6.08 Å². The summed E-state index contributed by atoms with van der Waals surface area (Å²) in [6.07, 6.45) is 14.8. The first-order valence-corrected chi connectivity index (χ1v) is 10.9. The van der Waals surface area contributed by atoms with E-state index < -0.39 is 0 Å². The molecular formula is C27H38N2O. The van der Waals surface area contributed by atoms with Crippen molar-refractivity contribution in [3.05, 3.63) is 75.1 Å². The van der Waals surface area contributed by atoms with Crippen LogP contribution < -0.4 is 5.73 Å². The molecule has 1 heterocycles. The average molecular weight is 407 g/mol. The normalized spacial score (nSPS) is 14.3. The zero-order chi connectivity index (χ0) is 22.8. The van der Waals surface area contributed by atoms with Crippen LogP contribution in [0.3, 0.4) is 0 Å². The number of aromatic nitrogens is 1. The second-order valence-corrected chi connectivity index (χ2v) is 7.61. The molecule has 0 bridgehead atoms. The van der Waals surface area contributed by atoms with Gasteiger partial charge < -0.3 is 5.73 Å². The smallest absolute Gasteiger partial charge is 0.162 e.